The number of carbonyl (C=O) groups excluding carboxylic acids is 1. The van der Waals surface area contributed by atoms with Crippen molar-refractivity contribution in [1.29, 1.82) is 0 Å². The Morgan fingerprint density at radius 1 is 1.11 bits per heavy atom. The van der Waals surface area contributed by atoms with E-state index in [2.05, 4.69) is 5.32 Å². The Hall–Kier alpha value is -1.26. The monoisotopic (exact) mass is 252 g/mol. The molecule has 0 aliphatic heterocycles. The molecule has 0 saturated heterocycles. The third-order valence-electron chi connectivity index (χ3n) is 4.10. The number of hydrogen-bond donors (Lipinski definition) is 2. The van der Waals surface area contributed by atoms with Gasteiger partial charge in [-0.25, -0.2) is 4.79 Å². The van der Waals surface area contributed by atoms with Crippen LogP contribution < -0.4 is 5.32 Å². The second-order valence-corrected chi connectivity index (χ2v) is 5.90. The molecule has 3 aliphatic carbocycles. The van der Waals surface area contributed by atoms with E-state index in [1.54, 1.807) is 0 Å². The standard InChI is InChI=1S/C13H20N2O3/c16-11(17)7-15(10-5-6-10)13(18)14-12(8-1-2-8)9-3-4-9/h8-10,12H,1-7H2,(H,14,18)(H,16,17). The highest BCUT2D eigenvalue weighted by atomic mass is 16.4. The van der Waals surface area contributed by atoms with Crippen molar-refractivity contribution in [2.45, 2.75) is 50.6 Å². The van der Waals surface area contributed by atoms with Crippen molar-refractivity contribution in [1.82, 2.24) is 10.2 Å². The zero-order valence-corrected chi connectivity index (χ0v) is 10.5. The van der Waals surface area contributed by atoms with Crippen LogP contribution in [0.4, 0.5) is 4.79 Å². The molecule has 100 valence electrons. The number of carboxylic acid groups (broad SMARTS) is 1. The molecule has 0 heterocycles. The minimum absolute atomic E-state index is 0.153. The molecule has 2 N–H and O–H groups in total. The first-order valence-electron chi connectivity index (χ1n) is 6.94. The molecule has 0 unspecified atom stereocenters. The highest BCUT2D eigenvalue weighted by Crippen LogP contribution is 2.44. The molecule has 0 aromatic rings. The molecule has 0 bridgehead atoms. The van der Waals surface area contributed by atoms with Crippen LogP contribution >= 0.6 is 0 Å². The fourth-order valence-electron chi connectivity index (χ4n) is 2.66. The fraction of sp³-hybridized carbons (Fsp3) is 0.846. The van der Waals surface area contributed by atoms with E-state index in [4.69, 9.17) is 5.11 Å². The summed E-state index contributed by atoms with van der Waals surface area (Å²) in [6.07, 6.45) is 6.73. The Morgan fingerprint density at radius 2 is 1.67 bits per heavy atom. The van der Waals surface area contributed by atoms with Crippen molar-refractivity contribution in [3.8, 4) is 0 Å². The van der Waals surface area contributed by atoms with Crippen LogP contribution in [-0.2, 0) is 4.79 Å². The zero-order valence-electron chi connectivity index (χ0n) is 10.5. The number of rotatable bonds is 6. The Kier molecular flexibility index (Phi) is 2.92. The summed E-state index contributed by atoms with van der Waals surface area (Å²) in [4.78, 5) is 24.5. The summed E-state index contributed by atoms with van der Waals surface area (Å²) in [7, 11) is 0. The Bertz CT molecular complexity index is 347. The van der Waals surface area contributed by atoms with Crippen molar-refractivity contribution < 1.29 is 14.7 Å². The fourth-order valence-corrected chi connectivity index (χ4v) is 2.66. The van der Waals surface area contributed by atoms with Gasteiger partial charge in [-0.3, -0.25) is 4.79 Å². The van der Waals surface area contributed by atoms with Gasteiger partial charge in [0.15, 0.2) is 0 Å². The zero-order chi connectivity index (χ0) is 12.7. The molecular formula is C13H20N2O3. The molecule has 3 aliphatic rings. The van der Waals surface area contributed by atoms with Crippen LogP contribution in [-0.4, -0.2) is 40.6 Å². The molecule has 0 aromatic heterocycles. The van der Waals surface area contributed by atoms with E-state index in [0.717, 1.165) is 12.8 Å². The van der Waals surface area contributed by atoms with E-state index < -0.39 is 5.97 Å². The molecule has 5 heteroatoms. The summed E-state index contributed by atoms with van der Waals surface area (Å²) >= 11 is 0. The molecule has 18 heavy (non-hydrogen) atoms. The minimum Gasteiger partial charge on any atom is -0.480 e. The number of carboxylic acids is 1. The summed E-state index contributed by atoms with van der Waals surface area (Å²) in [5, 5.41) is 12.0. The topological polar surface area (TPSA) is 69.6 Å². The summed E-state index contributed by atoms with van der Waals surface area (Å²) in [5.74, 6) is 0.367. The Labute approximate surface area is 107 Å². The lowest BCUT2D eigenvalue weighted by Gasteiger charge is -2.25. The van der Waals surface area contributed by atoms with Gasteiger partial charge in [0.05, 0.1) is 0 Å². The first-order chi connectivity index (χ1) is 8.65. The van der Waals surface area contributed by atoms with Gasteiger partial charge in [0.1, 0.15) is 6.54 Å². The number of hydrogen-bond acceptors (Lipinski definition) is 2. The largest absolute Gasteiger partial charge is 0.480 e. The van der Waals surface area contributed by atoms with Crippen molar-refractivity contribution in [2.24, 2.45) is 11.8 Å². The molecule has 3 fully saturated rings. The van der Waals surface area contributed by atoms with E-state index in [9.17, 15) is 9.59 Å². The van der Waals surface area contributed by atoms with Gasteiger partial charge < -0.3 is 15.3 Å². The predicted molar refractivity (Wildman–Crippen MR) is 65.1 cm³/mol. The normalized spacial score (nSPS) is 22.9. The van der Waals surface area contributed by atoms with E-state index in [1.165, 1.54) is 30.6 Å². The first-order valence-corrected chi connectivity index (χ1v) is 6.94. The average molecular weight is 252 g/mol. The minimum atomic E-state index is -0.925. The van der Waals surface area contributed by atoms with Crippen molar-refractivity contribution in [3.05, 3.63) is 0 Å². The van der Waals surface area contributed by atoms with Crippen LogP contribution in [0.5, 0.6) is 0 Å². The molecule has 0 atom stereocenters. The van der Waals surface area contributed by atoms with Gasteiger partial charge in [0, 0.05) is 12.1 Å². The number of amides is 2. The van der Waals surface area contributed by atoms with Crippen molar-refractivity contribution in [3.63, 3.8) is 0 Å². The first kappa shape index (κ1) is 11.8. The van der Waals surface area contributed by atoms with Crippen LogP contribution in [0, 0.1) is 11.8 Å². The maximum Gasteiger partial charge on any atom is 0.323 e. The van der Waals surface area contributed by atoms with Gasteiger partial charge in [0.2, 0.25) is 0 Å². The highest BCUT2D eigenvalue weighted by Gasteiger charge is 2.44. The lowest BCUT2D eigenvalue weighted by atomic mass is 10.1. The number of nitrogens with zero attached hydrogens (tertiary/aromatic N) is 1. The maximum absolute atomic E-state index is 12.2. The van der Waals surface area contributed by atoms with Gasteiger partial charge in [-0.15, -0.1) is 0 Å². The molecule has 0 spiro atoms. The van der Waals surface area contributed by atoms with E-state index in [-0.39, 0.29) is 18.6 Å². The van der Waals surface area contributed by atoms with Gasteiger partial charge in [-0.05, 0) is 50.4 Å². The van der Waals surface area contributed by atoms with E-state index in [1.807, 2.05) is 0 Å². The average Bonchev–Trinajstić information content (AvgIpc) is 3.14. The number of nitrogens with one attached hydrogen (secondary N) is 1. The summed E-state index contributed by atoms with van der Waals surface area (Å²) in [6.45, 7) is -0.168. The molecular weight excluding hydrogens is 232 g/mol. The third-order valence-corrected chi connectivity index (χ3v) is 4.10. The van der Waals surface area contributed by atoms with Crippen molar-refractivity contribution in [2.75, 3.05) is 6.54 Å². The highest BCUT2D eigenvalue weighted by molar-refractivity contribution is 5.81. The third kappa shape index (κ3) is 2.76. The molecule has 3 rings (SSSR count). The van der Waals surface area contributed by atoms with Crippen LogP contribution in [0.1, 0.15) is 38.5 Å². The molecule has 5 nitrogen and oxygen atoms in total. The quantitative estimate of drug-likeness (QED) is 0.751. The smallest absolute Gasteiger partial charge is 0.323 e. The molecule has 0 radical (unpaired) electrons. The molecule has 0 aromatic carbocycles. The number of aliphatic carboxylic acids is 1. The summed E-state index contributed by atoms with van der Waals surface area (Å²) in [5.41, 5.74) is 0. The van der Waals surface area contributed by atoms with Crippen LogP contribution in [0.25, 0.3) is 0 Å². The van der Waals surface area contributed by atoms with Gasteiger partial charge >= 0.3 is 12.0 Å². The number of urea groups is 1. The van der Waals surface area contributed by atoms with Gasteiger partial charge in [0.25, 0.3) is 0 Å². The lowest BCUT2D eigenvalue weighted by molar-refractivity contribution is -0.137. The van der Waals surface area contributed by atoms with Crippen LogP contribution in [0.15, 0.2) is 0 Å². The SMILES string of the molecule is O=C(O)CN(C(=O)NC(C1CC1)C1CC1)C1CC1. The Morgan fingerprint density at radius 3 is 2.06 bits per heavy atom. The maximum atomic E-state index is 12.2. The lowest BCUT2D eigenvalue weighted by Crippen LogP contribution is -2.49. The van der Waals surface area contributed by atoms with Crippen molar-refractivity contribution >= 4 is 12.0 Å². The van der Waals surface area contributed by atoms with Crippen LogP contribution in [0.2, 0.25) is 0 Å². The molecule has 2 amide bonds. The molecule has 3 saturated carbocycles. The summed E-state index contributed by atoms with van der Waals surface area (Å²) in [6, 6.07) is 0.288. The van der Waals surface area contributed by atoms with E-state index in [0.29, 0.717) is 17.9 Å². The summed E-state index contributed by atoms with van der Waals surface area (Å²) < 4.78 is 0. The van der Waals surface area contributed by atoms with Gasteiger partial charge in [-0.1, -0.05) is 0 Å². The van der Waals surface area contributed by atoms with Gasteiger partial charge in [-0.2, -0.15) is 0 Å². The number of carbonyl (C=O) groups is 2. The second-order valence-electron chi connectivity index (χ2n) is 5.90. The second kappa shape index (κ2) is 4.44. The van der Waals surface area contributed by atoms with E-state index >= 15 is 0 Å². The Balaban J connectivity index is 1.58. The predicted octanol–water partition coefficient (Wildman–Crippen LogP) is 1.43. The van der Waals surface area contributed by atoms with Crippen LogP contribution in [0.3, 0.4) is 0 Å².